The quantitative estimate of drug-likeness (QED) is 0.252. The molecule has 0 saturated heterocycles. The Morgan fingerprint density at radius 1 is 1.44 bits per heavy atom. The summed E-state index contributed by atoms with van der Waals surface area (Å²) in [5.41, 5.74) is 0. The molecule has 0 amide bonds. The van der Waals surface area contributed by atoms with Crippen LogP contribution < -0.4 is 0 Å². The molecule has 0 N–H and O–H groups in total. The van der Waals surface area contributed by atoms with E-state index in [-0.39, 0.29) is 23.1 Å². The van der Waals surface area contributed by atoms with Crippen LogP contribution in [0.5, 0.6) is 0 Å². The second-order valence-electron chi connectivity index (χ2n) is 0.632. The monoisotopic (exact) mass is 161 g/mol. The van der Waals surface area contributed by atoms with Crippen molar-refractivity contribution in [3.05, 3.63) is 0 Å². The number of nitrogens with zero attached hydrogens (tertiary/aromatic N) is 1. The summed E-state index contributed by atoms with van der Waals surface area (Å²) in [6, 6.07) is 1.75. The zero-order valence-electron chi connectivity index (χ0n) is 4.70. The van der Waals surface area contributed by atoms with Crippen LogP contribution in [-0.4, -0.2) is 40.6 Å². The normalized spacial score (nSPS) is 7.33. The van der Waals surface area contributed by atoms with Crippen LogP contribution in [0.1, 0.15) is 6.92 Å². The Morgan fingerprint density at radius 2 is 1.44 bits per heavy atom. The zero-order chi connectivity index (χ0) is 7.21. The van der Waals surface area contributed by atoms with Crippen LogP contribution in [0.25, 0.3) is 0 Å². The third-order valence-electron chi connectivity index (χ3n) is 0. The van der Waals surface area contributed by atoms with Crippen LogP contribution in [0.2, 0.25) is 0 Å². The number of hydrogen-bond donors (Lipinski definition) is 0. The second kappa shape index (κ2) is 8.13. The van der Waals surface area contributed by atoms with Crippen LogP contribution in [0, 0.1) is 11.3 Å². The van der Waals surface area contributed by atoms with Crippen LogP contribution in [0.15, 0.2) is 0 Å². The van der Waals surface area contributed by atoms with Gasteiger partial charge >= 0.3 is 23.1 Å². The topological polar surface area (TPSA) is 104 Å². The first kappa shape index (κ1) is 16.1. The van der Waals surface area contributed by atoms with Gasteiger partial charge in [0, 0.05) is 17.3 Å². The minimum atomic E-state index is -5.17. The minimum Gasteiger partial charge on any atom is -0.759 e. The Bertz CT molecular complexity index is 159. The Morgan fingerprint density at radius 3 is 1.44 bits per heavy atom. The molecule has 0 heterocycles. The standard InChI is InChI=1S/C2H3N.Mg.H2O4S/c1-2-3;;1-5(2,3)4/h1H3;;(H2,1,2,3,4)/q;+2;/p-2. The van der Waals surface area contributed by atoms with Crippen molar-refractivity contribution in [3.63, 3.8) is 0 Å². The summed E-state index contributed by atoms with van der Waals surface area (Å²) in [4.78, 5) is 0. The van der Waals surface area contributed by atoms with Gasteiger partial charge in [-0.1, -0.05) is 0 Å². The molecule has 0 fully saturated rings. The van der Waals surface area contributed by atoms with Crippen molar-refractivity contribution in [2.75, 3.05) is 0 Å². The van der Waals surface area contributed by atoms with Gasteiger partial charge < -0.3 is 9.11 Å². The third kappa shape index (κ3) is 19100. The molecule has 48 valence electrons. The van der Waals surface area contributed by atoms with Gasteiger partial charge in [0.05, 0.1) is 6.07 Å². The first-order valence-electron chi connectivity index (χ1n) is 1.39. The molecule has 9 heavy (non-hydrogen) atoms. The SMILES string of the molecule is CC#N.O=S(=O)([O-])[O-].[Mg+2]. The molecule has 5 nitrogen and oxygen atoms in total. The van der Waals surface area contributed by atoms with E-state index in [1.807, 2.05) is 0 Å². The van der Waals surface area contributed by atoms with Gasteiger partial charge in [0.15, 0.2) is 0 Å². The van der Waals surface area contributed by atoms with E-state index in [4.69, 9.17) is 22.8 Å². The summed E-state index contributed by atoms with van der Waals surface area (Å²) in [6.45, 7) is 1.43. The fourth-order valence-corrected chi connectivity index (χ4v) is 0. The van der Waals surface area contributed by atoms with Crippen LogP contribution in [-0.2, 0) is 10.4 Å². The summed E-state index contributed by atoms with van der Waals surface area (Å²) < 4.78 is 34.1. The zero-order valence-corrected chi connectivity index (χ0v) is 6.93. The molecule has 0 bridgehead atoms. The molecule has 0 atom stereocenters. The van der Waals surface area contributed by atoms with Gasteiger partial charge in [-0.2, -0.15) is 5.26 Å². The fraction of sp³-hybridized carbons (Fsp3) is 0.500. The van der Waals surface area contributed by atoms with Crippen molar-refractivity contribution < 1.29 is 17.5 Å². The van der Waals surface area contributed by atoms with Crippen LogP contribution in [0.3, 0.4) is 0 Å². The fourth-order valence-electron chi connectivity index (χ4n) is 0. The molecule has 0 aliphatic carbocycles. The first-order chi connectivity index (χ1) is 3.41. The summed E-state index contributed by atoms with van der Waals surface area (Å²) in [5, 5.41) is 7.32. The maximum absolute atomic E-state index is 8.52. The van der Waals surface area contributed by atoms with Crippen molar-refractivity contribution in [1.29, 1.82) is 5.26 Å². The van der Waals surface area contributed by atoms with Crippen LogP contribution >= 0.6 is 0 Å². The third-order valence-corrected chi connectivity index (χ3v) is 0. The van der Waals surface area contributed by atoms with Gasteiger partial charge in [-0.25, -0.2) is 0 Å². The molecule has 0 rings (SSSR count). The summed E-state index contributed by atoms with van der Waals surface area (Å²) in [6.07, 6.45) is 0. The van der Waals surface area contributed by atoms with E-state index in [1.165, 1.54) is 6.92 Å². The first-order valence-corrected chi connectivity index (χ1v) is 2.72. The molecule has 0 aliphatic heterocycles. The molecule has 0 aliphatic rings. The smallest absolute Gasteiger partial charge is 0.759 e. The number of nitriles is 1. The molecule has 0 aromatic carbocycles. The van der Waals surface area contributed by atoms with E-state index in [0.29, 0.717) is 0 Å². The molecule has 0 unspecified atom stereocenters. The maximum Gasteiger partial charge on any atom is 2.00 e. The van der Waals surface area contributed by atoms with Crippen molar-refractivity contribution in [2.24, 2.45) is 0 Å². The number of rotatable bonds is 0. The Kier molecular flexibility index (Phi) is 14.5. The van der Waals surface area contributed by atoms with Gasteiger partial charge in [0.25, 0.3) is 0 Å². The van der Waals surface area contributed by atoms with E-state index in [0.717, 1.165) is 0 Å². The predicted molar refractivity (Wildman–Crippen MR) is 27.5 cm³/mol. The number of hydrogen-bond acceptors (Lipinski definition) is 5. The summed E-state index contributed by atoms with van der Waals surface area (Å²) in [5.74, 6) is 0. The average Bonchev–Trinajstić information content (AvgIpc) is 1.27. The molecule has 0 aromatic heterocycles. The minimum absolute atomic E-state index is 0. The van der Waals surface area contributed by atoms with Crippen molar-refractivity contribution in [3.8, 4) is 6.07 Å². The average molecular weight is 161 g/mol. The molecule has 0 radical (unpaired) electrons. The second-order valence-corrected chi connectivity index (χ2v) is 1.45. The van der Waals surface area contributed by atoms with Gasteiger partial charge in [0.1, 0.15) is 0 Å². The summed E-state index contributed by atoms with van der Waals surface area (Å²) in [7, 11) is -5.17. The molecule has 7 heteroatoms. The van der Waals surface area contributed by atoms with Gasteiger partial charge in [-0.3, -0.25) is 8.42 Å². The van der Waals surface area contributed by atoms with Gasteiger partial charge in [-0.15, -0.1) is 0 Å². The van der Waals surface area contributed by atoms with E-state index in [2.05, 4.69) is 0 Å². The van der Waals surface area contributed by atoms with Crippen molar-refractivity contribution in [2.45, 2.75) is 6.92 Å². The molecular formula is C2H3MgNO4S. The molecule has 0 saturated carbocycles. The molecule has 0 aromatic rings. The Labute approximate surface area is 69.4 Å². The Balaban J connectivity index is -0.0000000800. The van der Waals surface area contributed by atoms with Gasteiger partial charge in [-0.05, 0) is 0 Å². The van der Waals surface area contributed by atoms with E-state index in [1.54, 1.807) is 6.07 Å². The van der Waals surface area contributed by atoms with Crippen molar-refractivity contribution in [1.82, 2.24) is 0 Å². The van der Waals surface area contributed by atoms with Gasteiger partial charge in [0.2, 0.25) is 0 Å². The van der Waals surface area contributed by atoms with Crippen LogP contribution in [0.4, 0.5) is 0 Å². The van der Waals surface area contributed by atoms with E-state index >= 15 is 0 Å². The summed E-state index contributed by atoms with van der Waals surface area (Å²) >= 11 is 0. The predicted octanol–water partition coefficient (Wildman–Crippen LogP) is -1.19. The largest absolute Gasteiger partial charge is 2.00 e. The Hall–Kier alpha value is 0.126. The van der Waals surface area contributed by atoms with E-state index in [9.17, 15) is 0 Å². The maximum atomic E-state index is 8.52. The molecular weight excluding hydrogens is 158 g/mol. The van der Waals surface area contributed by atoms with E-state index < -0.39 is 10.4 Å². The van der Waals surface area contributed by atoms with Crippen molar-refractivity contribution >= 4 is 33.5 Å². The molecule has 0 spiro atoms.